The number of carbonyl (C=O) groups is 1. The molecule has 0 bridgehead atoms. The lowest BCUT2D eigenvalue weighted by Gasteiger charge is -2.09. The molecule has 17 heavy (non-hydrogen) atoms. The van der Waals surface area contributed by atoms with Crippen molar-refractivity contribution in [2.75, 3.05) is 5.73 Å². The highest BCUT2D eigenvalue weighted by Crippen LogP contribution is 2.09. The maximum absolute atomic E-state index is 11.6. The molecular formula is C12H20N4O. The van der Waals surface area contributed by atoms with Gasteiger partial charge in [0.1, 0.15) is 11.6 Å². The molecule has 1 unspecified atom stereocenters. The van der Waals surface area contributed by atoms with Gasteiger partial charge in [0.25, 0.3) is 0 Å². The van der Waals surface area contributed by atoms with E-state index < -0.39 is 0 Å². The molecule has 3 N–H and O–H groups in total. The molecule has 5 heteroatoms. The summed E-state index contributed by atoms with van der Waals surface area (Å²) in [7, 11) is 0. The Morgan fingerprint density at radius 2 is 2.35 bits per heavy atom. The summed E-state index contributed by atoms with van der Waals surface area (Å²) in [5, 5.41) is 2.80. The zero-order valence-corrected chi connectivity index (χ0v) is 10.4. The van der Waals surface area contributed by atoms with Crippen LogP contribution in [0.2, 0.25) is 0 Å². The molecule has 0 aliphatic carbocycles. The summed E-state index contributed by atoms with van der Waals surface area (Å²) < 4.78 is 0. The fourth-order valence-electron chi connectivity index (χ4n) is 1.66. The van der Waals surface area contributed by atoms with Crippen molar-refractivity contribution in [3.8, 4) is 0 Å². The summed E-state index contributed by atoms with van der Waals surface area (Å²) in [6.07, 6.45) is 4.31. The van der Waals surface area contributed by atoms with Crippen molar-refractivity contribution in [2.45, 2.75) is 39.7 Å². The number of aromatic nitrogens is 2. The van der Waals surface area contributed by atoms with Crippen LogP contribution in [0.15, 0.2) is 12.3 Å². The normalized spacial score (nSPS) is 12.1. The molecule has 1 aromatic heterocycles. The molecule has 94 valence electrons. The van der Waals surface area contributed by atoms with Crippen LogP contribution in [0.1, 0.15) is 38.9 Å². The first kappa shape index (κ1) is 13.4. The number of amides is 1. The smallest absolute Gasteiger partial charge is 0.220 e. The Kier molecular flexibility index (Phi) is 5.39. The Morgan fingerprint density at radius 1 is 1.59 bits per heavy atom. The van der Waals surface area contributed by atoms with Gasteiger partial charge in [-0.3, -0.25) is 4.79 Å². The molecule has 0 aliphatic rings. The van der Waals surface area contributed by atoms with Gasteiger partial charge in [0, 0.05) is 12.6 Å². The zero-order chi connectivity index (χ0) is 12.7. The third kappa shape index (κ3) is 5.29. The standard InChI is InChI=1S/C12H20N4O/c1-3-4-9(2)7-12(17)15-8-11-14-6-5-10(13)16-11/h5-6,9H,3-4,7-8H2,1-2H3,(H,15,17)(H2,13,14,16). The number of nitrogen functional groups attached to an aromatic ring is 1. The average molecular weight is 236 g/mol. The Bertz CT molecular complexity index is 367. The SMILES string of the molecule is CCCC(C)CC(=O)NCc1nccc(N)n1. The Labute approximate surface area is 102 Å². The van der Waals surface area contributed by atoms with Gasteiger partial charge in [0.05, 0.1) is 6.54 Å². The number of rotatable bonds is 6. The van der Waals surface area contributed by atoms with Crippen LogP contribution in [-0.4, -0.2) is 15.9 Å². The highest BCUT2D eigenvalue weighted by atomic mass is 16.1. The van der Waals surface area contributed by atoms with Crippen molar-refractivity contribution in [1.82, 2.24) is 15.3 Å². The van der Waals surface area contributed by atoms with E-state index in [4.69, 9.17) is 5.73 Å². The fraction of sp³-hybridized carbons (Fsp3) is 0.583. The van der Waals surface area contributed by atoms with Crippen LogP contribution < -0.4 is 11.1 Å². The Morgan fingerprint density at radius 3 is 3.00 bits per heavy atom. The molecule has 1 amide bonds. The van der Waals surface area contributed by atoms with Gasteiger partial charge in [-0.25, -0.2) is 9.97 Å². The van der Waals surface area contributed by atoms with Crippen LogP contribution in [0.3, 0.4) is 0 Å². The molecule has 0 aliphatic heterocycles. The Hall–Kier alpha value is -1.65. The first-order valence-electron chi connectivity index (χ1n) is 5.96. The molecular weight excluding hydrogens is 216 g/mol. The minimum absolute atomic E-state index is 0.0389. The molecule has 0 aromatic carbocycles. The third-order valence-corrected chi connectivity index (χ3v) is 2.49. The van der Waals surface area contributed by atoms with Gasteiger partial charge in [-0.05, 0) is 12.0 Å². The van der Waals surface area contributed by atoms with E-state index in [0.29, 0.717) is 30.5 Å². The molecule has 0 fully saturated rings. The van der Waals surface area contributed by atoms with Crippen molar-refractivity contribution >= 4 is 11.7 Å². The van der Waals surface area contributed by atoms with E-state index in [1.54, 1.807) is 12.3 Å². The maximum atomic E-state index is 11.6. The fourth-order valence-corrected chi connectivity index (χ4v) is 1.66. The predicted octanol–water partition coefficient (Wildman–Crippen LogP) is 1.50. The van der Waals surface area contributed by atoms with Crippen molar-refractivity contribution < 1.29 is 4.79 Å². The minimum atomic E-state index is 0.0389. The summed E-state index contributed by atoms with van der Waals surface area (Å²) in [4.78, 5) is 19.6. The third-order valence-electron chi connectivity index (χ3n) is 2.49. The van der Waals surface area contributed by atoms with Crippen LogP contribution in [0, 0.1) is 5.92 Å². The molecule has 0 saturated carbocycles. The second-order valence-corrected chi connectivity index (χ2v) is 4.27. The van der Waals surface area contributed by atoms with E-state index in [0.717, 1.165) is 12.8 Å². The largest absolute Gasteiger partial charge is 0.384 e. The van der Waals surface area contributed by atoms with Gasteiger partial charge in [-0.2, -0.15) is 0 Å². The van der Waals surface area contributed by atoms with Crippen LogP contribution in [0.5, 0.6) is 0 Å². The molecule has 0 saturated heterocycles. The van der Waals surface area contributed by atoms with Crippen LogP contribution >= 0.6 is 0 Å². The average Bonchev–Trinajstić information content (AvgIpc) is 2.27. The monoisotopic (exact) mass is 236 g/mol. The second kappa shape index (κ2) is 6.83. The van der Waals surface area contributed by atoms with Crippen molar-refractivity contribution in [1.29, 1.82) is 0 Å². The summed E-state index contributed by atoms with van der Waals surface area (Å²) in [5.41, 5.74) is 5.52. The predicted molar refractivity (Wildman–Crippen MR) is 67.0 cm³/mol. The molecule has 5 nitrogen and oxygen atoms in total. The molecule has 1 atom stereocenters. The van der Waals surface area contributed by atoms with Crippen LogP contribution in [0.4, 0.5) is 5.82 Å². The van der Waals surface area contributed by atoms with Gasteiger partial charge in [-0.1, -0.05) is 26.7 Å². The number of nitrogens with zero attached hydrogens (tertiary/aromatic N) is 2. The highest BCUT2D eigenvalue weighted by molar-refractivity contribution is 5.75. The number of anilines is 1. The molecule has 0 spiro atoms. The number of carbonyl (C=O) groups excluding carboxylic acids is 1. The quantitative estimate of drug-likeness (QED) is 0.784. The number of nitrogens with one attached hydrogen (secondary N) is 1. The number of hydrogen-bond acceptors (Lipinski definition) is 4. The van der Waals surface area contributed by atoms with E-state index in [1.165, 1.54) is 0 Å². The Balaban J connectivity index is 2.33. The first-order chi connectivity index (χ1) is 8.11. The minimum Gasteiger partial charge on any atom is -0.384 e. The van der Waals surface area contributed by atoms with Crippen molar-refractivity contribution in [3.05, 3.63) is 18.1 Å². The molecule has 1 heterocycles. The maximum Gasteiger partial charge on any atom is 0.220 e. The summed E-state index contributed by atoms with van der Waals surface area (Å²) in [6, 6.07) is 1.62. The van der Waals surface area contributed by atoms with E-state index in [9.17, 15) is 4.79 Å². The van der Waals surface area contributed by atoms with Crippen molar-refractivity contribution in [3.63, 3.8) is 0 Å². The van der Waals surface area contributed by atoms with E-state index in [2.05, 4.69) is 29.1 Å². The molecule has 0 radical (unpaired) electrons. The lowest BCUT2D eigenvalue weighted by molar-refractivity contribution is -0.122. The summed E-state index contributed by atoms with van der Waals surface area (Å²) >= 11 is 0. The van der Waals surface area contributed by atoms with E-state index >= 15 is 0 Å². The van der Waals surface area contributed by atoms with Crippen molar-refractivity contribution in [2.24, 2.45) is 5.92 Å². The van der Waals surface area contributed by atoms with Gasteiger partial charge in [0.15, 0.2) is 0 Å². The topological polar surface area (TPSA) is 80.9 Å². The van der Waals surface area contributed by atoms with E-state index in [1.807, 2.05) is 0 Å². The lowest BCUT2D eigenvalue weighted by atomic mass is 10.0. The molecule has 1 rings (SSSR count). The number of nitrogens with two attached hydrogens (primary N) is 1. The van der Waals surface area contributed by atoms with Gasteiger partial charge >= 0.3 is 0 Å². The highest BCUT2D eigenvalue weighted by Gasteiger charge is 2.08. The van der Waals surface area contributed by atoms with Gasteiger partial charge in [0.2, 0.25) is 5.91 Å². The first-order valence-corrected chi connectivity index (χ1v) is 5.96. The van der Waals surface area contributed by atoms with Crippen LogP contribution in [0.25, 0.3) is 0 Å². The zero-order valence-electron chi connectivity index (χ0n) is 10.4. The van der Waals surface area contributed by atoms with Crippen LogP contribution in [-0.2, 0) is 11.3 Å². The van der Waals surface area contributed by atoms with E-state index in [-0.39, 0.29) is 5.91 Å². The summed E-state index contributed by atoms with van der Waals surface area (Å²) in [6.45, 7) is 4.54. The number of hydrogen-bond donors (Lipinski definition) is 2. The second-order valence-electron chi connectivity index (χ2n) is 4.27. The molecule has 1 aromatic rings. The van der Waals surface area contributed by atoms with Gasteiger partial charge in [-0.15, -0.1) is 0 Å². The summed E-state index contributed by atoms with van der Waals surface area (Å²) in [5.74, 6) is 1.42. The van der Waals surface area contributed by atoms with Gasteiger partial charge < -0.3 is 11.1 Å². The lowest BCUT2D eigenvalue weighted by Crippen LogP contribution is -2.25.